The molecule has 3 aromatic carbocycles. The first kappa shape index (κ1) is 18.8. The summed E-state index contributed by atoms with van der Waals surface area (Å²) in [5.74, 6) is 0. The summed E-state index contributed by atoms with van der Waals surface area (Å²) in [6, 6.07) is 25.7. The highest BCUT2D eigenvalue weighted by Gasteiger charge is 2.53. The summed E-state index contributed by atoms with van der Waals surface area (Å²) in [5.41, 5.74) is 0.643. The fourth-order valence-corrected chi connectivity index (χ4v) is 4.87. The molecule has 2 nitrogen and oxygen atoms in total. The average molecular weight is 385 g/mol. The fourth-order valence-electron chi connectivity index (χ4n) is 3.06. The lowest BCUT2D eigenvalue weighted by Crippen LogP contribution is -2.49. The molecule has 0 spiro atoms. The molecule has 3 aromatic rings. The molecule has 0 amide bonds. The monoisotopic (exact) mass is 384 g/mol. The van der Waals surface area contributed by atoms with Crippen LogP contribution in [0.2, 0.25) is 0 Å². The number of aliphatic hydroxyl groups is 1. The van der Waals surface area contributed by atoms with E-state index in [4.69, 9.17) is 11.6 Å². The standard InChI is InChI=1S/C22H21ClO2S/c1-17-13-15-20(16-14-17)26(25)21(2,23)22(24,18-9-5-3-6-10-18)19-11-7-4-8-12-19/h3-16,24H,1-2H3. The molecule has 2 atom stereocenters. The van der Waals surface area contributed by atoms with E-state index in [2.05, 4.69) is 0 Å². The Bertz CT molecular complexity index is 851. The van der Waals surface area contributed by atoms with Crippen LogP contribution in [-0.4, -0.2) is 13.5 Å². The van der Waals surface area contributed by atoms with E-state index in [-0.39, 0.29) is 0 Å². The van der Waals surface area contributed by atoms with Crippen molar-refractivity contribution in [2.45, 2.75) is 28.6 Å². The maximum atomic E-state index is 13.4. The Morgan fingerprint density at radius 2 is 1.23 bits per heavy atom. The van der Waals surface area contributed by atoms with E-state index < -0.39 is 20.6 Å². The fraction of sp³-hybridized carbons (Fsp3) is 0.182. The van der Waals surface area contributed by atoms with Crippen molar-refractivity contribution >= 4 is 22.4 Å². The molecule has 0 saturated heterocycles. The van der Waals surface area contributed by atoms with E-state index in [1.54, 1.807) is 43.3 Å². The van der Waals surface area contributed by atoms with E-state index in [9.17, 15) is 9.32 Å². The van der Waals surface area contributed by atoms with Crippen LogP contribution in [-0.2, 0) is 16.4 Å². The Hall–Kier alpha value is -1.94. The van der Waals surface area contributed by atoms with Crippen LogP contribution in [0.25, 0.3) is 0 Å². The number of benzene rings is 3. The Balaban J connectivity index is 2.17. The average Bonchev–Trinajstić information content (AvgIpc) is 2.68. The van der Waals surface area contributed by atoms with E-state index >= 15 is 0 Å². The number of alkyl halides is 1. The highest BCUT2D eigenvalue weighted by molar-refractivity contribution is 7.88. The Morgan fingerprint density at radius 3 is 1.65 bits per heavy atom. The van der Waals surface area contributed by atoms with Gasteiger partial charge >= 0.3 is 0 Å². The molecule has 0 aromatic heterocycles. The molecule has 0 saturated carbocycles. The van der Waals surface area contributed by atoms with Crippen molar-refractivity contribution in [3.05, 3.63) is 102 Å². The van der Waals surface area contributed by atoms with Gasteiger partial charge in [0.05, 0.1) is 10.8 Å². The molecule has 0 heterocycles. The van der Waals surface area contributed by atoms with Crippen LogP contribution in [0.5, 0.6) is 0 Å². The maximum Gasteiger partial charge on any atom is 0.158 e. The topological polar surface area (TPSA) is 37.3 Å². The second-order valence-electron chi connectivity index (χ2n) is 6.44. The van der Waals surface area contributed by atoms with E-state index in [1.165, 1.54) is 0 Å². The second kappa shape index (κ2) is 7.36. The molecular formula is C22H21ClO2S. The van der Waals surface area contributed by atoms with Crippen LogP contribution >= 0.6 is 11.6 Å². The minimum absolute atomic E-state index is 0.582. The quantitative estimate of drug-likeness (QED) is 0.629. The predicted molar refractivity (Wildman–Crippen MR) is 108 cm³/mol. The minimum atomic E-state index is -1.66. The number of rotatable bonds is 5. The summed E-state index contributed by atoms with van der Waals surface area (Å²) >= 11 is 6.89. The molecule has 0 bridgehead atoms. The smallest absolute Gasteiger partial charge is 0.158 e. The first-order valence-electron chi connectivity index (χ1n) is 8.38. The van der Waals surface area contributed by atoms with Gasteiger partial charge in [-0.1, -0.05) is 78.4 Å². The van der Waals surface area contributed by atoms with Crippen LogP contribution < -0.4 is 0 Å². The van der Waals surface area contributed by atoms with E-state index in [0.29, 0.717) is 16.0 Å². The third-order valence-corrected chi connectivity index (χ3v) is 7.00. The Morgan fingerprint density at radius 1 is 0.808 bits per heavy atom. The number of halogens is 1. The van der Waals surface area contributed by atoms with Gasteiger partial charge in [0.25, 0.3) is 0 Å². The van der Waals surface area contributed by atoms with Gasteiger partial charge in [0.2, 0.25) is 0 Å². The molecule has 4 heteroatoms. The highest BCUT2D eigenvalue weighted by Crippen LogP contribution is 2.47. The third-order valence-electron chi connectivity index (χ3n) is 4.61. The summed E-state index contributed by atoms with van der Waals surface area (Å²) in [5, 5.41) is 11.8. The summed E-state index contributed by atoms with van der Waals surface area (Å²) < 4.78 is 11.9. The van der Waals surface area contributed by atoms with Crippen molar-refractivity contribution in [2.75, 3.05) is 0 Å². The zero-order chi connectivity index (χ0) is 18.8. The summed E-state index contributed by atoms with van der Waals surface area (Å²) in [6.45, 7) is 3.60. The first-order valence-corrected chi connectivity index (χ1v) is 9.91. The molecular weight excluding hydrogens is 364 g/mol. The van der Waals surface area contributed by atoms with Gasteiger partial charge in [0.1, 0.15) is 5.60 Å². The zero-order valence-electron chi connectivity index (χ0n) is 14.7. The largest absolute Gasteiger partial charge is 0.378 e. The first-order chi connectivity index (χ1) is 12.4. The summed E-state index contributed by atoms with van der Waals surface area (Å²) in [7, 11) is -1.66. The van der Waals surface area contributed by atoms with Crippen LogP contribution in [0.1, 0.15) is 23.6 Å². The van der Waals surface area contributed by atoms with Gasteiger partial charge in [-0.05, 0) is 37.1 Å². The molecule has 0 fully saturated rings. The molecule has 3 rings (SSSR count). The molecule has 26 heavy (non-hydrogen) atoms. The normalized spacial score (nSPS) is 15.2. The number of hydrogen-bond donors (Lipinski definition) is 1. The highest BCUT2D eigenvalue weighted by atomic mass is 35.5. The van der Waals surface area contributed by atoms with Gasteiger partial charge in [-0.3, -0.25) is 4.21 Å². The van der Waals surface area contributed by atoms with Gasteiger partial charge in [-0.25, -0.2) is 0 Å². The Kier molecular flexibility index (Phi) is 5.33. The SMILES string of the molecule is Cc1ccc(S(=O)C(C)(Cl)C(O)(c2ccccc2)c2ccccc2)cc1. The van der Waals surface area contributed by atoms with E-state index in [0.717, 1.165) is 5.56 Å². The van der Waals surface area contributed by atoms with Gasteiger partial charge in [0.15, 0.2) is 4.21 Å². The lowest BCUT2D eigenvalue weighted by molar-refractivity contribution is 0.0682. The lowest BCUT2D eigenvalue weighted by atomic mass is 9.83. The van der Waals surface area contributed by atoms with Crippen molar-refractivity contribution < 1.29 is 9.32 Å². The second-order valence-corrected chi connectivity index (χ2v) is 9.25. The number of aryl methyl sites for hydroxylation is 1. The molecule has 2 unspecified atom stereocenters. The zero-order valence-corrected chi connectivity index (χ0v) is 16.3. The molecule has 0 aliphatic carbocycles. The van der Waals surface area contributed by atoms with Gasteiger partial charge in [-0.2, -0.15) is 0 Å². The lowest BCUT2D eigenvalue weighted by Gasteiger charge is -2.40. The van der Waals surface area contributed by atoms with Crippen LogP contribution in [0.4, 0.5) is 0 Å². The van der Waals surface area contributed by atoms with Gasteiger partial charge in [-0.15, -0.1) is 11.6 Å². The summed E-state index contributed by atoms with van der Waals surface area (Å²) in [6.07, 6.45) is 0. The molecule has 134 valence electrons. The maximum absolute atomic E-state index is 13.4. The number of hydrogen-bond acceptors (Lipinski definition) is 2. The minimum Gasteiger partial charge on any atom is -0.378 e. The summed E-state index contributed by atoms with van der Waals surface area (Å²) in [4.78, 5) is 0.582. The predicted octanol–water partition coefficient (Wildman–Crippen LogP) is 4.99. The Labute approximate surface area is 161 Å². The van der Waals surface area contributed by atoms with Crippen LogP contribution in [0, 0.1) is 6.92 Å². The van der Waals surface area contributed by atoms with Crippen molar-refractivity contribution in [3.63, 3.8) is 0 Å². The van der Waals surface area contributed by atoms with Crippen molar-refractivity contribution in [1.29, 1.82) is 0 Å². The van der Waals surface area contributed by atoms with Crippen LogP contribution in [0.15, 0.2) is 89.8 Å². The van der Waals surface area contributed by atoms with E-state index in [1.807, 2.05) is 55.5 Å². The van der Waals surface area contributed by atoms with Crippen LogP contribution in [0.3, 0.4) is 0 Å². The van der Waals surface area contributed by atoms with Gasteiger partial charge < -0.3 is 5.11 Å². The van der Waals surface area contributed by atoms with Crippen molar-refractivity contribution in [2.24, 2.45) is 0 Å². The molecule has 0 radical (unpaired) electrons. The molecule has 0 aliphatic heterocycles. The van der Waals surface area contributed by atoms with Crippen molar-refractivity contribution in [3.8, 4) is 0 Å². The van der Waals surface area contributed by atoms with Crippen molar-refractivity contribution in [1.82, 2.24) is 0 Å². The molecule has 0 aliphatic rings. The molecule has 1 N–H and O–H groups in total. The third kappa shape index (κ3) is 3.23. The van der Waals surface area contributed by atoms with Gasteiger partial charge in [0, 0.05) is 4.90 Å².